The maximum Gasteiger partial charge on any atom is 0.193 e. The van der Waals surface area contributed by atoms with Crippen molar-refractivity contribution in [3.8, 4) is 5.75 Å². The molecule has 0 saturated heterocycles. The number of hydrogen-bond donors (Lipinski definition) is 2. The van der Waals surface area contributed by atoms with Crippen LogP contribution in [0.15, 0.2) is 47.5 Å². The minimum Gasteiger partial charge on any atom is -0.494 e. The van der Waals surface area contributed by atoms with Gasteiger partial charge in [-0.05, 0) is 62.1 Å². The topological polar surface area (TPSA) is 59.6 Å². The summed E-state index contributed by atoms with van der Waals surface area (Å²) in [6.07, 6.45) is 0.797. The number of anilines is 1. The zero-order valence-electron chi connectivity index (χ0n) is 14.1. The first-order valence-electron chi connectivity index (χ1n) is 7.94. The fourth-order valence-electron chi connectivity index (χ4n) is 2.54. The summed E-state index contributed by atoms with van der Waals surface area (Å²) in [5, 5.41) is 3.15. The quantitative estimate of drug-likeness (QED) is 0.632. The maximum atomic E-state index is 5.97. The Kier molecular flexibility index (Phi) is 6.03. The molecule has 0 amide bonds. The Labute approximate surface area is 138 Å². The summed E-state index contributed by atoms with van der Waals surface area (Å²) in [5.41, 5.74) is 10.5. The number of aryl methyl sites for hydroxylation is 2. The molecule has 0 atom stereocenters. The number of hydrogen-bond acceptors (Lipinski definition) is 2. The Balaban J connectivity index is 1.95. The number of aliphatic imine (C=N–C) groups is 1. The highest BCUT2D eigenvalue weighted by atomic mass is 16.5. The van der Waals surface area contributed by atoms with Crippen LogP contribution in [0.25, 0.3) is 0 Å². The third-order valence-corrected chi connectivity index (χ3v) is 3.43. The van der Waals surface area contributed by atoms with Crippen molar-refractivity contribution >= 4 is 11.6 Å². The zero-order valence-corrected chi connectivity index (χ0v) is 14.1. The van der Waals surface area contributed by atoms with Crippen LogP contribution >= 0.6 is 0 Å². The molecule has 0 aliphatic rings. The molecular formula is C19H25N3O. The van der Waals surface area contributed by atoms with Crippen LogP contribution in [-0.4, -0.2) is 19.1 Å². The van der Waals surface area contributed by atoms with Gasteiger partial charge in [-0.2, -0.15) is 0 Å². The molecule has 3 N–H and O–H groups in total. The van der Waals surface area contributed by atoms with Crippen LogP contribution in [0.3, 0.4) is 0 Å². The van der Waals surface area contributed by atoms with E-state index in [1.54, 1.807) is 0 Å². The first kappa shape index (κ1) is 16.9. The van der Waals surface area contributed by atoms with Gasteiger partial charge in [-0.3, -0.25) is 4.99 Å². The zero-order chi connectivity index (χ0) is 16.7. The second kappa shape index (κ2) is 8.22. The summed E-state index contributed by atoms with van der Waals surface area (Å²) in [6.45, 7) is 7.40. The molecule has 122 valence electrons. The van der Waals surface area contributed by atoms with Crippen LogP contribution in [0.5, 0.6) is 5.75 Å². The number of para-hydroxylation sites is 1. The second-order valence-corrected chi connectivity index (χ2v) is 5.56. The lowest BCUT2D eigenvalue weighted by atomic mass is 10.1. The van der Waals surface area contributed by atoms with Gasteiger partial charge in [0.15, 0.2) is 5.96 Å². The number of rotatable bonds is 6. The summed E-state index contributed by atoms with van der Waals surface area (Å²) in [7, 11) is 0. The van der Waals surface area contributed by atoms with Gasteiger partial charge in [0.2, 0.25) is 0 Å². The van der Waals surface area contributed by atoms with E-state index in [1.807, 2.05) is 25.1 Å². The monoisotopic (exact) mass is 311 g/mol. The number of ether oxygens (including phenoxy) is 1. The summed E-state index contributed by atoms with van der Waals surface area (Å²) in [5.74, 6) is 1.36. The molecule has 0 heterocycles. The van der Waals surface area contributed by atoms with E-state index >= 15 is 0 Å². The van der Waals surface area contributed by atoms with E-state index in [1.165, 1.54) is 11.1 Å². The highest BCUT2D eigenvalue weighted by molar-refractivity contribution is 5.92. The summed E-state index contributed by atoms with van der Waals surface area (Å²) in [4.78, 5) is 4.40. The Morgan fingerprint density at radius 2 is 1.83 bits per heavy atom. The van der Waals surface area contributed by atoms with Gasteiger partial charge in [-0.1, -0.05) is 24.3 Å². The first-order valence-corrected chi connectivity index (χ1v) is 7.94. The van der Waals surface area contributed by atoms with Gasteiger partial charge in [-0.25, -0.2) is 0 Å². The molecule has 0 saturated carbocycles. The highest BCUT2D eigenvalue weighted by Crippen LogP contribution is 2.18. The van der Waals surface area contributed by atoms with E-state index in [9.17, 15) is 0 Å². The number of nitrogens with one attached hydrogen (secondary N) is 1. The van der Waals surface area contributed by atoms with Crippen molar-refractivity contribution in [3.05, 3.63) is 59.2 Å². The summed E-state index contributed by atoms with van der Waals surface area (Å²) < 4.78 is 5.62. The molecule has 4 heteroatoms. The Morgan fingerprint density at radius 3 is 2.52 bits per heavy atom. The van der Waals surface area contributed by atoms with Gasteiger partial charge < -0.3 is 15.8 Å². The normalized spacial score (nSPS) is 11.3. The molecule has 0 unspecified atom stereocenters. The number of nitrogens with two attached hydrogens (primary N) is 1. The number of benzene rings is 2. The van der Waals surface area contributed by atoms with E-state index in [0.29, 0.717) is 19.1 Å². The highest BCUT2D eigenvalue weighted by Gasteiger charge is 2.02. The minimum atomic E-state index is 0.434. The average molecular weight is 311 g/mol. The van der Waals surface area contributed by atoms with Crippen LogP contribution < -0.4 is 15.8 Å². The predicted octanol–water partition coefficient (Wildman–Crippen LogP) is 3.67. The summed E-state index contributed by atoms with van der Waals surface area (Å²) >= 11 is 0. The van der Waals surface area contributed by atoms with E-state index in [0.717, 1.165) is 23.4 Å². The predicted molar refractivity (Wildman–Crippen MR) is 97.3 cm³/mol. The molecule has 0 aliphatic heterocycles. The van der Waals surface area contributed by atoms with E-state index in [-0.39, 0.29) is 0 Å². The van der Waals surface area contributed by atoms with Crippen molar-refractivity contribution < 1.29 is 4.74 Å². The van der Waals surface area contributed by atoms with Gasteiger partial charge in [0, 0.05) is 12.2 Å². The van der Waals surface area contributed by atoms with E-state index < -0.39 is 0 Å². The van der Waals surface area contributed by atoms with Crippen molar-refractivity contribution in [2.45, 2.75) is 27.2 Å². The minimum absolute atomic E-state index is 0.434. The number of nitrogens with zero attached hydrogens (tertiary/aromatic N) is 1. The van der Waals surface area contributed by atoms with Crippen LogP contribution in [0, 0.1) is 13.8 Å². The fraction of sp³-hybridized carbons (Fsp3) is 0.316. The smallest absolute Gasteiger partial charge is 0.193 e. The average Bonchev–Trinajstić information content (AvgIpc) is 2.48. The maximum absolute atomic E-state index is 5.97. The van der Waals surface area contributed by atoms with Crippen molar-refractivity contribution in [1.82, 2.24) is 0 Å². The SMILES string of the molecule is CCOc1ccccc1CCN=C(N)Nc1cc(C)cc(C)c1. The molecule has 0 aromatic heterocycles. The largest absolute Gasteiger partial charge is 0.494 e. The molecule has 2 aromatic carbocycles. The van der Waals surface area contributed by atoms with Crippen molar-refractivity contribution in [1.29, 1.82) is 0 Å². The van der Waals surface area contributed by atoms with Crippen LogP contribution in [0.1, 0.15) is 23.6 Å². The van der Waals surface area contributed by atoms with Gasteiger partial charge >= 0.3 is 0 Å². The van der Waals surface area contributed by atoms with Crippen LogP contribution in [-0.2, 0) is 6.42 Å². The van der Waals surface area contributed by atoms with E-state index in [2.05, 4.69) is 48.4 Å². The lowest BCUT2D eigenvalue weighted by Crippen LogP contribution is -2.23. The van der Waals surface area contributed by atoms with Gasteiger partial charge in [-0.15, -0.1) is 0 Å². The molecule has 23 heavy (non-hydrogen) atoms. The molecule has 0 aliphatic carbocycles. The fourth-order valence-corrected chi connectivity index (χ4v) is 2.54. The molecule has 0 spiro atoms. The Morgan fingerprint density at radius 1 is 1.13 bits per heavy atom. The standard InChI is InChI=1S/C19H25N3O/c1-4-23-18-8-6-5-7-16(18)9-10-21-19(20)22-17-12-14(2)11-15(3)13-17/h5-8,11-13H,4,9-10H2,1-3H3,(H3,20,21,22). The first-order chi connectivity index (χ1) is 11.1. The molecule has 0 bridgehead atoms. The molecule has 4 nitrogen and oxygen atoms in total. The van der Waals surface area contributed by atoms with Crippen LogP contribution in [0.2, 0.25) is 0 Å². The Bertz CT molecular complexity index is 660. The second-order valence-electron chi connectivity index (χ2n) is 5.56. The lowest BCUT2D eigenvalue weighted by molar-refractivity contribution is 0.336. The molecule has 2 aromatic rings. The molecule has 2 rings (SSSR count). The van der Waals surface area contributed by atoms with Crippen LogP contribution in [0.4, 0.5) is 5.69 Å². The molecular weight excluding hydrogens is 286 g/mol. The molecule has 0 radical (unpaired) electrons. The van der Waals surface area contributed by atoms with Crippen molar-refractivity contribution in [3.63, 3.8) is 0 Å². The Hall–Kier alpha value is -2.49. The lowest BCUT2D eigenvalue weighted by Gasteiger charge is -2.10. The summed E-state index contributed by atoms with van der Waals surface area (Å²) in [6, 6.07) is 14.3. The van der Waals surface area contributed by atoms with Crippen molar-refractivity contribution in [2.24, 2.45) is 10.7 Å². The van der Waals surface area contributed by atoms with Gasteiger partial charge in [0.25, 0.3) is 0 Å². The third-order valence-electron chi connectivity index (χ3n) is 3.43. The number of guanidine groups is 1. The molecule has 0 fully saturated rings. The van der Waals surface area contributed by atoms with Gasteiger partial charge in [0.1, 0.15) is 5.75 Å². The third kappa shape index (κ3) is 5.33. The van der Waals surface area contributed by atoms with Crippen molar-refractivity contribution in [2.75, 3.05) is 18.5 Å². The van der Waals surface area contributed by atoms with Gasteiger partial charge in [0.05, 0.1) is 6.61 Å². The van der Waals surface area contributed by atoms with E-state index in [4.69, 9.17) is 10.5 Å².